The molecule has 88 valence electrons. The number of nitrogens with one attached hydrogen (secondary N) is 2. The van der Waals surface area contributed by atoms with Crippen molar-refractivity contribution in [1.82, 2.24) is 5.32 Å². The second kappa shape index (κ2) is 5.61. The molecule has 0 aliphatic carbocycles. The highest BCUT2D eigenvalue weighted by atomic mass is 19.1. The topological polar surface area (TPSA) is 41.1 Å². The zero-order valence-corrected chi connectivity index (χ0v) is 9.80. The summed E-state index contributed by atoms with van der Waals surface area (Å²) in [5.74, 6) is -0.447. The van der Waals surface area contributed by atoms with Gasteiger partial charge in [-0.1, -0.05) is 6.92 Å². The minimum Gasteiger partial charge on any atom is -0.326 e. The minimum atomic E-state index is -0.263. The SMILES string of the molecule is CNCC(C)C(=O)Nc1ccc(F)c(C)c1. The Morgan fingerprint density at radius 3 is 2.75 bits per heavy atom. The second-order valence-corrected chi connectivity index (χ2v) is 3.91. The fraction of sp³-hybridized carbons (Fsp3) is 0.417. The standard InChI is InChI=1S/C12H17FN2O/c1-8-6-10(4-5-11(8)13)15-12(16)9(2)7-14-3/h4-6,9,14H,7H2,1-3H3,(H,15,16). The summed E-state index contributed by atoms with van der Waals surface area (Å²) in [7, 11) is 1.80. The quantitative estimate of drug-likeness (QED) is 0.820. The van der Waals surface area contributed by atoms with Crippen LogP contribution in [0.5, 0.6) is 0 Å². The summed E-state index contributed by atoms with van der Waals surface area (Å²) >= 11 is 0. The molecule has 0 aliphatic heterocycles. The van der Waals surface area contributed by atoms with Crippen molar-refractivity contribution in [2.75, 3.05) is 18.9 Å². The largest absolute Gasteiger partial charge is 0.326 e. The van der Waals surface area contributed by atoms with Gasteiger partial charge in [0.1, 0.15) is 5.82 Å². The number of carbonyl (C=O) groups excluding carboxylic acids is 1. The molecule has 1 rings (SSSR count). The molecule has 4 heteroatoms. The van der Waals surface area contributed by atoms with Gasteiger partial charge in [0.15, 0.2) is 0 Å². The van der Waals surface area contributed by atoms with Crippen molar-refractivity contribution in [3.05, 3.63) is 29.6 Å². The van der Waals surface area contributed by atoms with Crippen LogP contribution in [0.4, 0.5) is 10.1 Å². The monoisotopic (exact) mass is 224 g/mol. The highest BCUT2D eigenvalue weighted by Crippen LogP contribution is 2.14. The van der Waals surface area contributed by atoms with Gasteiger partial charge < -0.3 is 10.6 Å². The maximum Gasteiger partial charge on any atom is 0.228 e. The summed E-state index contributed by atoms with van der Waals surface area (Å²) in [5.41, 5.74) is 1.16. The van der Waals surface area contributed by atoms with Crippen LogP contribution >= 0.6 is 0 Å². The summed E-state index contributed by atoms with van der Waals surface area (Å²) in [6.07, 6.45) is 0. The molecule has 0 spiro atoms. The lowest BCUT2D eigenvalue weighted by atomic mass is 10.1. The Labute approximate surface area is 95.0 Å². The van der Waals surface area contributed by atoms with Crippen molar-refractivity contribution in [1.29, 1.82) is 0 Å². The summed E-state index contributed by atoms with van der Waals surface area (Å²) in [4.78, 5) is 11.7. The van der Waals surface area contributed by atoms with E-state index < -0.39 is 0 Å². The van der Waals surface area contributed by atoms with Gasteiger partial charge in [0.2, 0.25) is 5.91 Å². The third kappa shape index (κ3) is 3.31. The molecule has 2 N–H and O–H groups in total. The Morgan fingerprint density at radius 2 is 2.19 bits per heavy atom. The summed E-state index contributed by atoms with van der Waals surface area (Å²) in [6.45, 7) is 4.12. The van der Waals surface area contributed by atoms with Crippen LogP contribution in [-0.4, -0.2) is 19.5 Å². The first-order valence-electron chi connectivity index (χ1n) is 5.26. The highest BCUT2D eigenvalue weighted by Gasteiger charge is 2.12. The van der Waals surface area contributed by atoms with Gasteiger partial charge in [-0.05, 0) is 37.7 Å². The van der Waals surface area contributed by atoms with Gasteiger partial charge in [-0.2, -0.15) is 0 Å². The van der Waals surface area contributed by atoms with Crippen molar-refractivity contribution in [2.24, 2.45) is 5.92 Å². The van der Waals surface area contributed by atoms with E-state index in [-0.39, 0.29) is 17.6 Å². The zero-order chi connectivity index (χ0) is 12.1. The van der Waals surface area contributed by atoms with Crippen molar-refractivity contribution >= 4 is 11.6 Å². The predicted octanol–water partition coefficient (Wildman–Crippen LogP) is 1.93. The number of hydrogen-bond acceptors (Lipinski definition) is 2. The average Bonchev–Trinajstić information content (AvgIpc) is 2.24. The molecule has 1 aromatic rings. The number of halogens is 1. The van der Waals surface area contributed by atoms with E-state index in [4.69, 9.17) is 0 Å². The third-order valence-corrected chi connectivity index (χ3v) is 2.38. The van der Waals surface area contributed by atoms with Crippen LogP contribution in [0.15, 0.2) is 18.2 Å². The molecule has 0 fully saturated rings. The van der Waals surface area contributed by atoms with Crippen LogP contribution < -0.4 is 10.6 Å². The van der Waals surface area contributed by atoms with Crippen LogP contribution in [0, 0.1) is 18.7 Å². The van der Waals surface area contributed by atoms with Gasteiger partial charge in [-0.25, -0.2) is 4.39 Å². The molecular formula is C12H17FN2O. The van der Waals surface area contributed by atoms with E-state index in [1.807, 2.05) is 6.92 Å². The van der Waals surface area contributed by atoms with E-state index in [0.717, 1.165) is 0 Å². The molecule has 0 saturated heterocycles. The van der Waals surface area contributed by atoms with Gasteiger partial charge in [-0.3, -0.25) is 4.79 Å². The number of amides is 1. The molecule has 16 heavy (non-hydrogen) atoms. The smallest absolute Gasteiger partial charge is 0.228 e. The molecule has 0 aliphatic rings. The maximum atomic E-state index is 13.0. The molecule has 0 aromatic heterocycles. The van der Waals surface area contributed by atoms with Gasteiger partial charge in [-0.15, -0.1) is 0 Å². The van der Waals surface area contributed by atoms with Crippen LogP contribution in [0.1, 0.15) is 12.5 Å². The number of hydrogen-bond donors (Lipinski definition) is 2. The van der Waals surface area contributed by atoms with Crippen molar-refractivity contribution in [3.8, 4) is 0 Å². The van der Waals surface area contributed by atoms with Crippen LogP contribution in [0.3, 0.4) is 0 Å². The lowest BCUT2D eigenvalue weighted by Crippen LogP contribution is -2.28. The van der Waals surface area contributed by atoms with E-state index in [9.17, 15) is 9.18 Å². The third-order valence-electron chi connectivity index (χ3n) is 2.38. The Kier molecular flexibility index (Phi) is 4.43. The number of anilines is 1. The van der Waals surface area contributed by atoms with Gasteiger partial charge in [0.05, 0.1) is 0 Å². The van der Waals surface area contributed by atoms with Crippen LogP contribution in [0.2, 0.25) is 0 Å². The Hall–Kier alpha value is -1.42. The second-order valence-electron chi connectivity index (χ2n) is 3.91. The first kappa shape index (κ1) is 12.6. The van der Waals surface area contributed by atoms with Crippen molar-refractivity contribution in [3.63, 3.8) is 0 Å². The highest BCUT2D eigenvalue weighted by molar-refractivity contribution is 5.92. The Balaban J connectivity index is 2.66. The minimum absolute atomic E-state index is 0.0691. The molecule has 0 bridgehead atoms. The number of rotatable bonds is 4. The molecular weight excluding hydrogens is 207 g/mol. The molecule has 3 nitrogen and oxygen atoms in total. The molecule has 1 atom stereocenters. The fourth-order valence-electron chi connectivity index (χ4n) is 1.39. The predicted molar refractivity (Wildman–Crippen MR) is 62.9 cm³/mol. The maximum absolute atomic E-state index is 13.0. The number of carbonyl (C=O) groups is 1. The summed E-state index contributed by atoms with van der Waals surface area (Å²) in [5, 5.41) is 5.68. The van der Waals surface area contributed by atoms with E-state index >= 15 is 0 Å². The molecule has 1 amide bonds. The van der Waals surface area contributed by atoms with E-state index in [2.05, 4.69) is 10.6 Å². The molecule has 1 aromatic carbocycles. The molecule has 0 saturated carbocycles. The van der Waals surface area contributed by atoms with Gasteiger partial charge >= 0.3 is 0 Å². The van der Waals surface area contributed by atoms with Gasteiger partial charge in [0, 0.05) is 18.2 Å². The van der Waals surface area contributed by atoms with E-state index in [1.54, 1.807) is 26.1 Å². The lowest BCUT2D eigenvalue weighted by molar-refractivity contribution is -0.119. The van der Waals surface area contributed by atoms with E-state index in [0.29, 0.717) is 17.8 Å². The lowest BCUT2D eigenvalue weighted by Gasteiger charge is -2.12. The van der Waals surface area contributed by atoms with Crippen LogP contribution in [0.25, 0.3) is 0 Å². The molecule has 0 radical (unpaired) electrons. The summed E-state index contributed by atoms with van der Waals surface area (Å²) in [6, 6.07) is 4.54. The normalized spacial score (nSPS) is 12.2. The fourth-order valence-corrected chi connectivity index (χ4v) is 1.39. The number of benzene rings is 1. The van der Waals surface area contributed by atoms with Crippen molar-refractivity contribution < 1.29 is 9.18 Å². The first-order chi connectivity index (χ1) is 7.54. The van der Waals surface area contributed by atoms with E-state index in [1.165, 1.54) is 6.07 Å². The first-order valence-corrected chi connectivity index (χ1v) is 5.26. The molecule has 1 unspecified atom stereocenters. The van der Waals surface area contributed by atoms with Crippen LogP contribution in [-0.2, 0) is 4.79 Å². The zero-order valence-electron chi connectivity index (χ0n) is 9.80. The molecule has 0 heterocycles. The van der Waals surface area contributed by atoms with Gasteiger partial charge in [0.25, 0.3) is 0 Å². The Bertz CT molecular complexity index is 379. The average molecular weight is 224 g/mol. The Morgan fingerprint density at radius 1 is 1.50 bits per heavy atom. The summed E-state index contributed by atoms with van der Waals surface area (Å²) < 4.78 is 13.0. The van der Waals surface area contributed by atoms with Crippen molar-refractivity contribution in [2.45, 2.75) is 13.8 Å². The number of aryl methyl sites for hydroxylation is 1.